The molecule has 13 heteroatoms. The van der Waals surface area contributed by atoms with Crippen LogP contribution in [0.3, 0.4) is 0 Å². The van der Waals surface area contributed by atoms with Crippen molar-refractivity contribution in [2.75, 3.05) is 38.5 Å². The first-order valence-electron chi connectivity index (χ1n) is 10.3. The second kappa shape index (κ2) is 9.73. The molecule has 0 bridgehead atoms. The van der Waals surface area contributed by atoms with Crippen molar-refractivity contribution in [3.63, 3.8) is 0 Å². The molecule has 0 spiro atoms. The Labute approximate surface area is 188 Å². The van der Waals surface area contributed by atoms with E-state index >= 15 is 0 Å². The van der Waals surface area contributed by atoms with Crippen molar-refractivity contribution in [2.45, 2.75) is 35.5 Å². The molecule has 3 heterocycles. The zero-order valence-corrected chi connectivity index (χ0v) is 18.9. The quantitative estimate of drug-likeness (QED) is 0.568. The summed E-state index contributed by atoms with van der Waals surface area (Å²) in [6.07, 6.45) is 1.79. The Hall–Kier alpha value is -2.22. The molecule has 1 unspecified atom stereocenters. The predicted octanol–water partition coefficient (Wildman–Crippen LogP) is 0.515. The number of carbonyl (C=O) groups is 1. The van der Waals surface area contributed by atoms with Crippen LogP contribution in [0.25, 0.3) is 0 Å². The minimum atomic E-state index is -3.96. The van der Waals surface area contributed by atoms with Gasteiger partial charge in [-0.1, -0.05) is 23.9 Å². The van der Waals surface area contributed by atoms with E-state index in [1.807, 2.05) is 0 Å². The van der Waals surface area contributed by atoms with Gasteiger partial charge in [-0.15, -0.1) is 5.10 Å². The van der Waals surface area contributed by atoms with Crippen LogP contribution in [0.5, 0.6) is 0 Å². The van der Waals surface area contributed by atoms with E-state index in [0.29, 0.717) is 18.3 Å². The number of benzene rings is 1. The van der Waals surface area contributed by atoms with Crippen LogP contribution in [-0.4, -0.2) is 82.9 Å². The van der Waals surface area contributed by atoms with E-state index in [2.05, 4.69) is 10.2 Å². The number of amides is 1. The fourth-order valence-electron chi connectivity index (χ4n) is 3.75. The summed E-state index contributed by atoms with van der Waals surface area (Å²) in [5.41, 5.74) is -0.345. The summed E-state index contributed by atoms with van der Waals surface area (Å²) < 4.78 is 47.6. The molecule has 10 nitrogen and oxygen atoms in total. The summed E-state index contributed by atoms with van der Waals surface area (Å²) in [4.78, 5) is 25.9. The van der Waals surface area contributed by atoms with Gasteiger partial charge in [-0.3, -0.25) is 9.36 Å². The lowest BCUT2D eigenvalue weighted by Crippen LogP contribution is -2.51. The molecule has 0 saturated carbocycles. The largest absolute Gasteiger partial charge is 0.376 e. The number of hydrogen-bond donors (Lipinski definition) is 1. The van der Waals surface area contributed by atoms with Crippen molar-refractivity contribution < 1.29 is 22.3 Å². The first-order chi connectivity index (χ1) is 15.4. The van der Waals surface area contributed by atoms with Gasteiger partial charge in [0.2, 0.25) is 15.9 Å². The summed E-state index contributed by atoms with van der Waals surface area (Å²) in [5, 5.41) is 6.83. The van der Waals surface area contributed by atoms with Crippen LogP contribution in [0, 0.1) is 5.82 Å². The maximum Gasteiger partial charge on any atom is 0.344 e. The van der Waals surface area contributed by atoms with Crippen molar-refractivity contribution in [2.24, 2.45) is 0 Å². The van der Waals surface area contributed by atoms with Gasteiger partial charge in [-0.05, 0) is 25.0 Å². The molecule has 2 aliphatic rings. The second-order valence-corrected chi connectivity index (χ2v) is 10.4. The summed E-state index contributed by atoms with van der Waals surface area (Å²) in [6, 6.07) is 5.25. The van der Waals surface area contributed by atoms with Crippen LogP contribution >= 0.6 is 11.8 Å². The minimum Gasteiger partial charge on any atom is -0.376 e. The van der Waals surface area contributed by atoms with Gasteiger partial charge in [-0.25, -0.2) is 22.7 Å². The first-order valence-corrected chi connectivity index (χ1v) is 12.7. The monoisotopic (exact) mass is 485 g/mol. The molecule has 1 aromatic carbocycles. The van der Waals surface area contributed by atoms with E-state index in [1.54, 1.807) is 4.90 Å². The molecule has 2 saturated heterocycles. The molecular weight excluding hydrogens is 461 g/mol. The lowest BCUT2D eigenvalue weighted by atomic mass is 10.2. The van der Waals surface area contributed by atoms with Crippen LogP contribution in [0.2, 0.25) is 0 Å². The molecule has 0 radical (unpaired) electrons. The highest BCUT2D eigenvalue weighted by atomic mass is 32.2. The van der Waals surface area contributed by atoms with E-state index in [0.717, 1.165) is 30.7 Å². The Balaban J connectivity index is 1.32. The number of aromatic amines is 1. The van der Waals surface area contributed by atoms with Crippen molar-refractivity contribution in [1.82, 2.24) is 24.0 Å². The van der Waals surface area contributed by atoms with E-state index < -0.39 is 15.8 Å². The van der Waals surface area contributed by atoms with Crippen LogP contribution < -0.4 is 5.69 Å². The summed E-state index contributed by atoms with van der Waals surface area (Å²) in [5.74, 6) is -0.914. The van der Waals surface area contributed by atoms with E-state index in [1.165, 1.54) is 27.1 Å². The maximum absolute atomic E-state index is 14.0. The number of halogens is 1. The van der Waals surface area contributed by atoms with Gasteiger partial charge >= 0.3 is 5.69 Å². The SMILES string of the molecule is O=C(CSc1n[nH]c(=O)n1CC1CCCO1)N1CCN(S(=O)(=O)c2ccccc2F)CC1. The highest BCUT2D eigenvalue weighted by Crippen LogP contribution is 2.22. The lowest BCUT2D eigenvalue weighted by Gasteiger charge is -2.34. The fraction of sp³-hybridized carbons (Fsp3) is 0.526. The van der Waals surface area contributed by atoms with Gasteiger partial charge in [0.05, 0.1) is 18.4 Å². The van der Waals surface area contributed by atoms with Crippen LogP contribution in [0.4, 0.5) is 4.39 Å². The van der Waals surface area contributed by atoms with Gasteiger partial charge in [0, 0.05) is 32.8 Å². The van der Waals surface area contributed by atoms with Gasteiger partial charge in [-0.2, -0.15) is 4.31 Å². The van der Waals surface area contributed by atoms with Crippen LogP contribution in [0.1, 0.15) is 12.8 Å². The van der Waals surface area contributed by atoms with Crippen LogP contribution in [0.15, 0.2) is 39.1 Å². The molecule has 2 aromatic rings. The number of thioether (sulfide) groups is 1. The number of aromatic nitrogens is 3. The molecule has 2 aliphatic heterocycles. The highest BCUT2D eigenvalue weighted by Gasteiger charge is 2.32. The van der Waals surface area contributed by atoms with Crippen molar-refractivity contribution >= 4 is 27.7 Å². The molecule has 1 amide bonds. The molecule has 32 heavy (non-hydrogen) atoms. The van der Waals surface area contributed by atoms with E-state index in [-0.39, 0.29) is 54.5 Å². The lowest BCUT2D eigenvalue weighted by molar-refractivity contribution is -0.129. The molecule has 0 aliphatic carbocycles. The fourth-order valence-corrected chi connectivity index (χ4v) is 6.10. The number of hydrogen-bond acceptors (Lipinski definition) is 7. The Morgan fingerprint density at radius 1 is 1.25 bits per heavy atom. The first kappa shape index (κ1) is 23.0. The normalized spacial score (nSPS) is 20.0. The third-order valence-corrected chi connectivity index (χ3v) is 8.40. The molecule has 1 N–H and O–H groups in total. The van der Waals surface area contributed by atoms with Gasteiger partial charge in [0.25, 0.3) is 0 Å². The molecule has 2 fully saturated rings. The Kier molecular flexibility index (Phi) is 6.98. The van der Waals surface area contributed by atoms with Gasteiger partial charge in [0.1, 0.15) is 10.7 Å². The van der Waals surface area contributed by atoms with Crippen molar-refractivity contribution in [3.8, 4) is 0 Å². The molecule has 4 rings (SSSR count). The summed E-state index contributed by atoms with van der Waals surface area (Å²) in [6.45, 7) is 1.64. The van der Waals surface area contributed by atoms with Crippen molar-refractivity contribution in [3.05, 3.63) is 40.6 Å². The zero-order chi connectivity index (χ0) is 22.7. The average Bonchev–Trinajstić information content (AvgIpc) is 3.43. The molecule has 174 valence electrons. The standard InChI is InChI=1S/C19H24FN5O5S2/c20-15-5-1-2-6-16(15)32(28,29)24-9-7-23(8-10-24)17(26)13-31-19-22-21-18(27)25(19)12-14-4-3-11-30-14/h1-2,5-6,14H,3-4,7-13H2,(H,21,27). The van der Waals surface area contributed by atoms with Gasteiger partial charge in [0.15, 0.2) is 5.16 Å². The number of nitrogens with one attached hydrogen (secondary N) is 1. The summed E-state index contributed by atoms with van der Waals surface area (Å²) in [7, 11) is -3.96. The van der Waals surface area contributed by atoms with Crippen molar-refractivity contribution in [1.29, 1.82) is 0 Å². The van der Waals surface area contributed by atoms with E-state index in [9.17, 15) is 22.4 Å². The molecule has 1 aromatic heterocycles. The number of nitrogens with zero attached hydrogens (tertiary/aromatic N) is 4. The number of ether oxygens (including phenoxy) is 1. The minimum absolute atomic E-state index is 0.0372. The number of rotatable bonds is 7. The predicted molar refractivity (Wildman–Crippen MR) is 114 cm³/mol. The Morgan fingerprint density at radius 3 is 2.69 bits per heavy atom. The smallest absolute Gasteiger partial charge is 0.344 e. The molecular formula is C19H24FN5O5S2. The maximum atomic E-state index is 14.0. The van der Waals surface area contributed by atoms with E-state index in [4.69, 9.17) is 4.74 Å². The second-order valence-electron chi connectivity index (χ2n) is 7.56. The number of H-pyrrole nitrogens is 1. The Morgan fingerprint density at radius 2 is 2.00 bits per heavy atom. The zero-order valence-electron chi connectivity index (χ0n) is 17.3. The Bertz CT molecular complexity index is 1120. The van der Waals surface area contributed by atoms with Crippen LogP contribution in [-0.2, 0) is 26.1 Å². The average molecular weight is 486 g/mol. The number of piperazine rings is 1. The number of sulfonamides is 1. The van der Waals surface area contributed by atoms with Gasteiger partial charge < -0.3 is 9.64 Å². The molecule has 1 atom stereocenters. The third-order valence-electron chi connectivity index (χ3n) is 5.50. The third kappa shape index (κ3) is 4.90. The topological polar surface area (TPSA) is 118 Å². The number of carbonyl (C=O) groups excluding carboxylic acids is 1. The summed E-state index contributed by atoms with van der Waals surface area (Å²) >= 11 is 1.15. The highest BCUT2D eigenvalue weighted by molar-refractivity contribution is 7.99.